The zero-order valence-corrected chi connectivity index (χ0v) is 10.4. The minimum atomic E-state index is -0.593. The van der Waals surface area contributed by atoms with E-state index in [1.807, 2.05) is 30.3 Å². The first-order valence-electron chi connectivity index (χ1n) is 3.49. The Morgan fingerprint density at radius 1 is 1.29 bits per heavy atom. The maximum absolute atomic E-state index is 9.63. The number of benzene rings is 1. The molecule has 0 saturated carbocycles. The van der Waals surface area contributed by atoms with Crippen LogP contribution in [0, 0.1) is 13.5 Å². The number of alkyl halides is 1. The summed E-state index contributed by atoms with van der Waals surface area (Å²) in [5.41, 5.74) is 6.25. The van der Waals surface area contributed by atoms with Crippen molar-refractivity contribution < 1.29 is 26.5 Å². The normalized spacial score (nSPS) is 6.93. The molecule has 0 spiro atoms. The first-order chi connectivity index (χ1) is 5.77. The number of hydrogen-bond donors (Lipinski definition) is 0. The fourth-order valence-corrected chi connectivity index (χ4v) is 0.599. The van der Waals surface area contributed by atoms with E-state index in [-0.39, 0.29) is 41.4 Å². The third-order valence-corrected chi connectivity index (χ3v) is 1.12. The van der Waals surface area contributed by atoms with Crippen LogP contribution in [0.25, 0.3) is 5.73 Å². The minimum absolute atomic E-state index is 0. The number of hydrogen-bond acceptors (Lipinski definition) is 1. The Bertz CT molecular complexity index is 180. The van der Waals surface area contributed by atoms with E-state index in [4.69, 9.17) is 17.3 Å². The van der Waals surface area contributed by atoms with Crippen molar-refractivity contribution >= 4 is 17.5 Å². The van der Waals surface area contributed by atoms with Crippen molar-refractivity contribution in [3.63, 3.8) is 0 Å². The molecule has 0 aliphatic carbocycles. The summed E-state index contributed by atoms with van der Waals surface area (Å²) < 4.78 is 0. The Morgan fingerprint density at radius 3 is 1.86 bits per heavy atom. The smallest absolute Gasteiger partial charge is 0.668 e. The van der Waals surface area contributed by atoms with E-state index in [2.05, 4.69) is 6.07 Å². The summed E-state index contributed by atoms with van der Waals surface area (Å²) in [6.45, 7) is 0. The van der Waals surface area contributed by atoms with Crippen LogP contribution in [-0.4, -0.2) is 11.8 Å². The van der Waals surface area contributed by atoms with E-state index in [9.17, 15) is 4.79 Å². The Hall–Kier alpha value is -0.306. The molecule has 1 aromatic carbocycles. The molecule has 2 nitrogen and oxygen atoms in total. The van der Waals surface area contributed by atoms with Crippen LogP contribution in [-0.2, 0) is 26.5 Å². The van der Waals surface area contributed by atoms with Gasteiger partial charge in [-0.3, -0.25) is 0 Å². The van der Waals surface area contributed by atoms with Crippen LogP contribution in [0.1, 0.15) is 6.42 Å². The van der Waals surface area contributed by atoms with E-state index in [1.165, 1.54) is 0 Å². The zero-order chi connectivity index (χ0) is 9.23. The van der Waals surface area contributed by atoms with E-state index < -0.39 is 5.91 Å². The summed E-state index contributed by atoms with van der Waals surface area (Å²) in [6, 6.07) is 12.5. The SMILES string of the molecule is [CH3-].[NH-]C(=O)CCCl.[Ti+3].[c-]1ccccc1. The van der Waals surface area contributed by atoms with Crippen molar-refractivity contribution in [1.29, 1.82) is 0 Å². The van der Waals surface area contributed by atoms with Crippen LogP contribution >= 0.6 is 11.6 Å². The van der Waals surface area contributed by atoms with Gasteiger partial charge in [-0.25, -0.2) is 0 Å². The topological polar surface area (TPSA) is 40.9 Å². The second-order valence-corrected chi connectivity index (χ2v) is 2.32. The van der Waals surface area contributed by atoms with Crippen molar-refractivity contribution in [2.24, 2.45) is 0 Å². The molecule has 0 aliphatic rings. The van der Waals surface area contributed by atoms with Gasteiger partial charge in [0.1, 0.15) is 0 Å². The van der Waals surface area contributed by atoms with Gasteiger partial charge < -0.3 is 18.0 Å². The molecule has 4 heteroatoms. The van der Waals surface area contributed by atoms with Gasteiger partial charge >= 0.3 is 21.7 Å². The van der Waals surface area contributed by atoms with E-state index in [1.54, 1.807) is 0 Å². The zero-order valence-electron chi connectivity index (χ0n) is 8.09. The molecule has 1 radical (unpaired) electrons. The first-order valence-corrected chi connectivity index (χ1v) is 4.02. The summed E-state index contributed by atoms with van der Waals surface area (Å²) in [7, 11) is 0. The summed E-state index contributed by atoms with van der Waals surface area (Å²) >= 11 is 5.06. The molecule has 0 atom stereocenters. The molecule has 0 heterocycles. The number of amides is 1. The number of carbonyl (C=O) groups excluding carboxylic acids is 1. The third kappa shape index (κ3) is 17.7. The van der Waals surface area contributed by atoms with E-state index in [0.29, 0.717) is 0 Å². The van der Waals surface area contributed by atoms with Crippen molar-refractivity contribution in [3.8, 4) is 0 Å². The van der Waals surface area contributed by atoms with Crippen LogP contribution in [0.2, 0.25) is 0 Å². The summed E-state index contributed by atoms with van der Waals surface area (Å²) in [6.07, 6.45) is 0.168. The standard InChI is InChI=1S/C6H5.C3H6ClNO.CH3.Ti/c1-2-4-6-5-3-1;4-2-1-3(5)6;;/h1-5H;1-2H2,(H2,5,6);1H3;/q-1;;-1;+3/p-1. The molecule has 0 aromatic heterocycles. The van der Waals surface area contributed by atoms with Crippen molar-refractivity contribution in [2.75, 3.05) is 5.88 Å². The molecule has 0 saturated heterocycles. The molecule has 1 amide bonds. The molecule has 14 heavy (non-hydrogen) atoms. The van der Waals surface area contributed by atoms with Crippen LogP contribution in [0.15, 0.2) is 30.3 Å². The maximum atomic E-state index is 9.63. The summed E-state index contributed by atoms with van der Waals surface area (Å²) in [5, 5.41) is 0. The molecule has 1 rings (SSSR count). The van der Waals surface area contributed by atoms with Crippen molar-refractivity contribution in [2.45, 2.75) is 6.42 Å². The van der Waals surface area contributed by atoms with Gasteiger partial charge in [0.15, 0.2) is 0 Å². The van der Waals surface area contributed by atoms with E-state index in [0.717, 1.165) is 0 Å². The quantitative estimate of drug-likeness (QED) is 0.449. The average Bonchev–Trinajstić information content (AvgIpc) is 2.08. The van der Waals surface area contributed by atoms with Crippen LogP contribution in [0.4, 0.5) is 0 Å². The van der Waals surface area contributed by atoms with Gasteiger partial charge in [0.2, 0.25) is 0 Å². The second-order valence-electron chi connectivity index (χ2n) is 1.94. The number of halogens is 1. The number of rotatable bonds is 2. The molecule has 0 unspecified atom stereocenters. The predicted molar refractivity (Wildman–Crippen MR) is 56.4 cm³/mol. The Kier molecular flexibility index (Phi) is 20.9. The molecular weight excluding hydrogens is 233 g/mol. The minimum Gasteiger partial charge on any atom is -0.668 e. The predicted octanol–water partition coefficient (Wildman–Crippen LogP) is 3.13. The molecule has 0 fully saturated rings. The van der Waals surface area contributed by atoms with Gasteiger partial charge in [0, 0.05) is 18.2 Å². The van der Waals surface area contributed by atoms with Gasteiger partial charge in [0.25, 0.3) is 0 Å². The Balaban J connectivity index is -0.000000151. The maximum Gasteiger partial charge on any atom is 3.00 e. The van der Waals surface area contributed by atoms with Gasteiger partial charge in [0.05, 0.1) is 0 Å². The largest absolute Gasteiger partial charge is 3.00 e. The second kappa shape index (κ2) is 15.2. The van der Waals surface area contributed by atoms with Crippen LogP contribution < -0.4 is 0 Å². The van der Waals surface area contributed by atoms with Crippen molar-refractivity contribution in [3.05, 3.63) is 49.6 Å². The molecule has 1 aromatic rings. The number of nitrogens with one attached hydrogen (secondary N) is 1. The molecule has 1 N–H and O–H groups in total. The molecule has 0 aliphatic heterocycles. The van der Waals surface area contributed by atoms with Crippen LogP contribution in [0.5, 0.6) is 0 Å². The van der Waals surface area contributed by atoms with E-state index >= 15 is 0 Å². The average molecular weight is 247 g/mol. The monoisotopic (exact) mass is 246 g/mol. The van der Waals surface area contributed by atoms with Gasteiger partial charge in [-0.05, 0) is 0 Å². The summed E-state index contributed by atoms with van der Waals surface area (Å²) in [5.74, 6) is -0.326. The fourth-order valence-electron chi connectivity index (χ4n) is 0.428. The van der Waals surface area contributed by atoms with Gasteiger partial charge in [-0.15, -0.1) is 11.6 Å². The molecule has 0 bridgehead atoms. The molecule has 75 valence electrons. The molecular formula is C10H13ClNOTi. The summed E-state index contributed by atoms with van der Waals surface area (Å²) in [4.78, 5) is 9.63. The Labute approximate surface area is 106 Å². The van der Waals surface area contributed by atoms with Gasteiger partial charge in [-0.2, -0.15) is 36.4 Å². The van der Waals surface area contributed by atoms with Crippen molar-refractivity contribution in [1.82, 2.24) is 0 Å². The first kappa shape index (κ1) is 19.3. The third-order valence-electron chi connectivity index (χ3n) is 0.929. The number of carbonyl (C=O) groups is 1. The Morgan fingerprint density at radius 2 is 1.79 bits per heavy atom. The van der Waals surface area contributed by atoms with Crippen LogP contribution in [0.3, 0.4) is 0 Å². The fraction of sp³-hybridized carbons (Fsp3) is 0.200. The van der Waals surface area contributed by atoms with Gasteiger partial charge in [-0.1, -0.05) is 0 Å².